The predicted molar refractivity (Wildman–Crippen MR) is 79.2 cm³/mol. The molecule has 4 unspecified atom stereocenters. The van der Waals surface area contributed by atoms with E-state index in [0.717, 1.165) is 12.1 Å². The summed E-state index contributed by atoms with van der Waals surface area (Å²) in [6, 6.07) is 3.38. The first-order valence-corrected chi connectivity index (χ1v) is 7.74. The molecular weight excluding hydrogens is 344 g/mol. The molecule has 2 aliphatic heterocycles. The van der Waals surface area contributed by atoms with E-state index in [4.69, 9.17) is 0 Å². The first-order valence-electron chi connectivity index (χ1n) is 7.74. The molecular formula is C15H18F4N4O2. The second-order valence-electron chi connectivity index (χ2n) is 6.14. The zero-order chi connectivity index (χ0) is 18.4. The molecule has 6 nitrogen and oxygen atoms in total. The van der Waals surface area contributed by atoms with Crippen LogP contribution in [-0.4, -0.2) is 41.3 Å². The number of hydrogen-bond donors (Lipinski definition) is 4. The Labute approximate surface area is 141 Å². The fourth-order valence-corrected chi connectivity index (χ4v) is 3.28. The minimum absolute atomic E-state index is 0.461. The Balaban J connectivity index is 1.83. The number of aliphatic hydroxyl groups excluding tert-OH is 1. The Morgan fingerprint density at radius 2 is 1.92 bits per heavy atom. The number of aliphatic hydroxyl groups is 1. The van der Waals surface area contributed by atoms with Crippen molar-refractivity contribution in [2.45, 2.75) is 37.7 Å². The Morgan fingerprint density at radius 3 is 2.48 bits per heavy atom. The second-order valence-corrected chi connectivity index (χ2v) is 6.14. The molecule has 25 heavy (non-hydrogen) atoms. The van der Waals surface area contributed by atoms with Gasteiger partial charge < -0.3 is 10.4 Å². The molecule has 1 aromatic carbocycles. The third kappa shape index (κ3) is 3.34. The summed E-state index contributed by atoms with van der Waals surface area (Å²) in [6.07, 6.45) is -6.40. The Bertz CT molecular complexity index is 639. The van der Waals surface area contributed by atoms with Gasteiger partial charge in [-0.1, -0.05) is 12.1 Å². The summed E-state index contributed by atoms with van der Waals surface area (Å²) in [5.74, 6) is -1.26. The third-order valence-electron chi connectivity index (χ3n) is 4.60. The maximum absolute atomic E-state index is 13.3. The van der Waals surface area contributed by atoms with E-state index < -0.39 is 54.8 Å². The molecule has 2 saturated heterocycles. The third-order valence-corrected chi connectivity index (χ3v) is 4.60. The lowest BCUT2D eigenvalue weighted by Crippen LogP contribution is -2.64. The van der Waals surface area contributed by atoms with Crippen LogP contribution in [0.5, 0.6) is 0 Å². The van der Waals surface area contributed by atoms with Crippen LogP contribution >= 0.6 is 0 Å². The Hall–Kier alpha value is -1.75. The number of alkyl halides is 4. The van der Waals surface area contributed by atoms with Crippen LogP contribution in [0.4, 0.5) is 17.6 Å². The average Bonchev–Trinajstić information content (AvgIpc) is 2.92. The molecule has 0 radical (unpaired) electrons. The van der Waals surface area contributed by atoms with Crippen molar-refractivity contribution in [3.05, 3.63) is 35.4 Å². The molecule has 0 aromatic heterocycles. The van der Waals surface area contributed by atoms with Gasteiger partial charge in [-0.25, -0.2) is 14.8 Å². The van der Waals surface area contributed by atoms with Crippen LogP contribution in [0.15, 0.2) is 24.3 Å². The van der Waals surface area contributed by atoms with Crippen LogP contribution in [-0.2, 0) is 11.0 Å². The van der Waals surface area contributed by atoms with Gasteiger partial charge in [-0.3, -0.25) is 10.1 Å². The lowest BCUT2D eigenvalue weighted by molar-refractivity contribution is -0.138. The number of fused-ring (bicyclic) bond motifs is 1. The van der Waals surface area contributed by atoms with E-state index in [1.165, 1.54) is 12.1 Å². The number of halogens is 4. The summed E-state index contributed by atoms with van der Waals surface area (Å²) in [7, 11) is 0. The normalized spacial score (nSPS) is 31.5. The number of nitrogens with one attached hydrogen (secondary N) is 3. The van der Waals surface area contributed by atoms with Gasteiger partial charge in [0, 0.05) is 6.04 Å². The van der Waals surface area contributed by atoms with Gasteiger partial charge in [-0.15, -0.1) is 0 Å². The first-order chi connectivity index (χ1) is 11.7. The summed E-state index contributed by atoms with van der Waals surface area (Å²) in [4.78, 5) is 12.0. The molecule has 2 fully saturated rings. The monoisotopic (exact) mass is 362 g/mol. The molecule has 3 rings (SSSR count). The Kier molecular flexibility index (Phi) is 4.71. The van der Waals surface area contributed by atoms with Crippen molar-refractivity contribution >= 4 is 5.91 Å². The van der Waals surface area contributed by atoms with Gasteiger partial charge in [0.25, 0.3) is 0 Å². The van der Waals surface area contributed by atoms with Gasteiger partial charge in [0.05, 0.1) is 23.7 Å². The standard InChI is InChI=1S/C15H18F4N4O2/c1-7(8-2-4-9(5-3-8)15(17,18)19)23-12-11(10(6-16)22-23)13(24)21-14(25)20-12/h2-5,7,10-12,14,20,22,25H,6H2,1H3,(H,21,24)/t7-,10?,11?,12?,14?/m0/s1. The number of carbonyl (C=O) groups excluding carboxylic acids is 1. The maximum Gasteiger partial charge on any atom is 0.416 e. The second kappa shape index (κ2) is 6.52. The molecule has 0 aliphatic carbocycles. The van der Waals surface area contributed by atoms with E-state index in [1.54, 1.807) is 11.9 Å². The van der Waals surface area contributed by atoms with Crippen LogP contribution in [0.25, 0.3) is 0 Å². The lowest BCUT2D eigenvalue weighted by atomic mass is 9.96. The van der Waals surface area contributed by atoms with Crippen LogP contribution in [0.2, 0.25) is 0 Å². The van der Waals surface area contributed by atoms with Gasteiger partial charge in [0.1, 0.15) is 6.67 Å². The molecule has 0 spiro atoms. The van der Waals surface area contributed by atoms with E-state index in [9.17, 15) is 27.5 Å². The minimum atomic E-state index is -4.43. The summed E-state index contributed by atoms with van der Waals surface area (Å²) in [5, 5.41) is 16.3. The van der Waals surface area contributed by atoms with Crippen molar-refractivity contribution in [2.75, 3.05) is 6.67 Å². The van der Waals surface area contributed by atoms with E-state index in [0.29, 0.717) is 5.56 Å². The molecule has 5 atom stereocenters. The van der Waals surface area contributed by atoms with Crippen LogP contribution < -0.4 is 16.1 Å². The molecule has 0 bridgehead atoms. The highest BCUT2D eigenvalue weighted by Crippen LogP contribution is 2.34. The lowest BCUT2D eigenvalue weighted by Gasteiger charge is -2.37. The van der Waals surface area contributed by atoms with Gasteiger partial charge in [0.15, 0.2) is 6.35 Å². The molecule has 10 heteroatoms. The molecule has 1 aromatic rings. The van der Waals surface area contributed by atoms with Gasteiger partial charge in [0.2, 0.25) is 5.91 Å². The fraction of sp³-hybridized carbons (Fsp3) is 0.533. The first kappa shape index (κ1) is 18.1. The molecule has 2 heterocycles. The number of hydrazine groups is 1. The molecule has 2 aliphatic rings. The van der Waals surface area contributed by atoms with E-state index in [-0.39, 0.29) is 0 Å². The van der Waals surface area contributed by atoms with Crippen LogP contribution in [0.1, 0.15) is 24.1 Å². The van der Waals surface area contributed by atoms with Crippen molar-refractivity contribution in [1.29, 1.82) is 0 Å². The number of nitrogens with zero attached hydrogens (tertiary/aromatic N) is 1. The highest BCUT2D eigenvalue weighted by atomic mass is 19.4. The highest BCUT2D eigenvalue weighted by Gasteiger charge is 2.50. The Morgan fingerprint density at radius 1 is 1.28 bits per heavy atom. The van der Waals surface area contributed by atoms with Crippen molar-refractivity contribution in [1.82, 2.24) is 21.1 Å². The summed E-state index contributed by atoms with van der Waals surface area (Å²) >= 11 is 0. The summed E-state index contributed by atoms with van der Waals surface area (Å²) < 4.78 is 51.3. The van der Waals surface area contributed by atoms with Gasteiger partial charge in [-0.05, 0) is 24.6 Å². The van der Waals surface area contributed by atoms with Crippen molar-refractivity contribution in [2.24, 2.45) is 5.92 Å². The fourth-order valence-electron chi connectivity index (χ4n) is 3.28. The number of rotatable bonds is 3. The van der Waals surface area contributed by atoms with Crippen LogP contribution in [0, 0.1) is 5.92 Å². The quantitative estimate of drug-likeness (QED) is 0.600. The van der Waals surface area contributed by atoms with Gasteiger partial charge in [-0.2, -0.15) is 13.2 Å². The van der Waals surface area contributed by atoms with Crippen molar-refractivity contribution < 1.29 is 27.5 Å². The topological polar surface area (TPSA) is 76.6 Å². The number of hydrogen-bond acceptors (Lipinski definition) is 5. The smallest absolute Gasteiger partial charge is 0.361 e. The minimum Gasteiger partial charge on any atom is -0.361 e. The van der Waals surface area contributed by atoms with Crippen molar-refractivity contribution in [3.63, 3.8) is 0 Å². The number of amides is 1. The number of benzene rings is 1. The largest absolute Gasteiger partial charge is 0.416 e. The summed E-state index contributed by atoms with van der Waals surface area (Å²) in [6.45, 7) is 0.913. The summed E-state index contributed by atoms with van der Waals surface area (Å²) in [5.41, 5.74) is 2.67. The SMILES string of the molecule is C[C@@H](c1ccc(C(F)(F)F)cc1)N1NC(CF)C2C(=O)NC(O)NC21. The molecule has 1 amide bonds. The zero-order valence-electron chi connectivity index (χ0n) is 13.2. The number of carbonyl (C=O) groups is 1. The molecule has 138 valence electrons. The maximum atomic E-state index is 13.3. The highest BCUT2D eigenvalue weighted by molar-refractivity contribution is 5.81. The van der Waals surface area contributed by atoms with E-state index in [2.05, 4.69) is 16.1 Å². The van der Waals surface area contributed by atoms with Gasteiger partial charge >= 0.3 is 6.18 Å². The molecule has 4 N–H and O–H groups in total. The zero-order valence-corrected chi connectivity index (χ0v) is 13.2. The molecule has 0 saturated carbocycles. The van der Waals surface area contributed by atoms with Crippen LogP contribution in [0.3, 0.4) is 0 Å². The van der Waals surface area contributed by atoms with Crippen molar-refractivity contribution in [3.8, 4) is 0 Å². The predicted octanol–water partition coefficient (Wildman–Crippen LogP) is 0.862. The van der Waals surface area contributed by atoms with E-state index in [1.807, 2.05) is 0 Å². The van der Waals surface area contributed by atoms with E-state index >= 15 is 0 Å². The average molecular weight is 362 g/mol.